The SMILES string of the molecule is CC1=[C]CC(C)CC1. The van der Waals surface area contributed by atoms with Crippen molar-refractivity contribution >= 4 is 0 Å². The van der Waals surface area contributed by atoms with Crippen molar-refractivity contribution in [1.82, 2.24) is 0 Å². The zero-order valence-electron chi connectivity index (χ0n) is 5.70. The van der Waals surface area contributed by atoms with Crippen LogP contribution < -0.4 is 0 Å². The maximum absolute atomic E-state index is 3.35. The van der Waals surface area contributed by atoms with Crippen LogP contribution in [0.5, 0.6) is 0 Å². The Morgan fingerprint density at radius 1 is 1.62 bits per heavy atom. The first-order chi connectivity index (χ1) is 3.79. The van der Waals surface area contributed by atoms with Gasteiger partial charge >= 0.3 is 0 Å². The van der Waals surface area contributed by atoms with Gasteiger partial charge in [0.05, 0.1) is 0 Å². The maximum atomic E-state index is 3.35. The van der Waals surface area contributed by atoms with Gasteiger partial charge in [0.15, 0.2) is 0 Å². The fourth-order valence-corrected chi connectivity index (χ4v) is 1.00. The first-order valence-corrected chi connectivity index (χ1v) is 3.35. The van der Waals surface area contributed by atoms with Crippen molar-refractivity contribution < 1.29 is 0 Å². The molecule has 1 aliphatic carbocycles. The second kappa shape index (κ2) is 2.34. The first kappa shape index (κ1) is 5.87. The minimum absolute atomic E-state index is 0.888. The fraction of sp³-hybridized carbons (Fsp3) is 0.750. The standard InChI is InChI=1S/C8H13/c1-7-3-5-8(2)6-4-7/h7H,3-5H2,1-2H3. The van der Waals surface area contributed by atoms with Crippen LogP contribution in [0.2, 0.25) is 0 Å². The molecule has 0 bridgehead atoms. The van der Waals surface area contributed by atoms with Crippen LogP contribution in [0.15, 0.2) is 5.57 Å². The Morgan fingerprint density at radius 2 is 2.38 bits per heavy atom. The quantitative estimate of drug-likeness (QED) is 0.448. The van der Waals surface area contributed by atoms with E-state index in [1.54, 1.807) is 0 Å². The molecule has 45 valence electrons. The summed E-state index contributed by atoms with van der Waals surface area (Å²) in [5.41, 5.74) is 1.46. The van der Waals surface area contributed by atoms with E-state index in [1.165, 1.54) is 24.8 Å². The number of rotatable bonds is 0. The summed E-state index contributed by atoms with van der Waals surface area (Å²) in [6.45, 7) is 4.46. The molecule has 0 fully saturated rings. The fourth-order valence-electron chi connectivity index (χ4n) is 1.00. The zero-order chi connectivity index (χ0) is 5.98. The van der Waals surface area contributed by atoms with E-state index < -0.39 is 0 Å². The summed E-state index contributed by atoms with van der Waals surface area (Å²) in [5.74, 6) is 0.888. The van der Waals surface area contributed by atoms with Gasteiger partial charge in [-0.25, -0.2) is 0 Å². The van der Waals surface area contributed by atoms with Crippen molar-refractivity contribution in [2.75, 3.05) is 0 Å². The van der Waals surface area contributed by atoms with E-state index in [4.69, 9.17) is 0 Å². The van der Waals surface area contributed by atoms with Crippen LogP contribution in [0, 0.1) is 12.0 Å². The van der Waals surface area contributed by atoms with Gasteiger partial charge in [-0.2, -0.15) is 0 Å². The van der Waals surface area contributed by atoms with Gasteiger partial charge in [0.25, 0.3) is 0 Å². The van der Waals surface area contributed by atoms with E-state index in [-0.39, 0.29) is 0 Å². The predicted molar refractivity (Wildman–Crippen MR) is 35.4 cm³/mol. The van der Waals surface area contributed by atoms with Gasteiger partial charge in [0, 0.05) is 0 Å². The number of hydrogen-bond donors (Lipinski definition) is 0. The lowest BCUT2D eigenvalue weighted by Crippen LogP contribution is -1.99. The Hall–Kier alpha value is -0.260. The first-order valence-electron chi connectivity index (χ1n) is 3.35. The predicted octanol–water partition coefficient (Wildman–Crippen LogP) is 2.56. The molecule has 0 amide bonds. The van der Waals surface area contributed by atoms with Gasteiger partial charge in [-0.15, -0.1) is 0 Å². The highest BCUT2D eigenvalue weighted by Gasteiger charge is 2.05. The van der Waals surface area contributed by atoms with Gasteiger partial charge in [-0.3, -0.25) is 0 Å². The summed E-state index contributed by atoms with van der Waals surface area (Å²) < 4.78 is 0. The minimum Gasteiger partial charge on any atom is -0.0698 e. The zero-order valence-corrected chi connectivity index (χ0v) is 5.70. The van der Waals surface area contributed by atoms with Crippen molar-refractivity contribution in [3.63, 3.8) is 0 Å². The lowest BCUT2D eigenvalue weighted by molar-refractivity contribution is 0.505. The Labute approximate surface area is 51.6 Å². The molecule has 1 rings (SSSR count). The van der Waals surface area contributed by atoms with Crippen LogP contribution in [0.25, 0.3) is 0 Å². The molecule has 0 nitrogen and oxygen atoms in total. The maximum Gasteiger partial charge on any atom is -0.0251 e. The molecule has 8 heavy (non-hydrogen) atoms. The van der Waals surface area contributed by atoms with E-state index >= 15 is 0 Å². The molecule has 0 heteroatoms. The lowest BCUT2D eigenvalue weighted by atomic mass is 9.92. The van der Waals surface area contributed by atoms with Crippen LogP contribution in [0.1, 0.15) is 33.1 Å². The van der Waals surface area contributed by atoms with Crippen LogP contribution in [0.3, 0.4) is 0 Å². The van der Waals surface area contributed by atoms with Crippen LogP contribution >= 0.6 is 0 Å². The molecule has 1 atom stereocenters. The van der Waals surface area contributed by atoms with E-state index in [2.05, 4.69) is 19.9 Å². The van der Waals surface area contributed by atoms with Gasteiger partial charge in [-0.1, -0.05) is 12.5 Å². The molecule has 0 aliphatic heterocycles. The van der Waals surface area contributed by atoms with Crippen molar-refractivity contribution in [2.45, 2.75) is 33.1 Å². The van der Waals surface area contributed by atoms with Gasteiger partial charge in [-0.05, 0) is 38.2 Å². The molecule has 0 saturated carbocycles. The summed E-state index contributed by atoms with van der Waals surface area (Å²) in [6.07, 6.45) is 7.19. The summed E-state index contributed by atoms with van der Waals surface area (Å²) in [6, 6.07) is 0. The molecule has 0 saturated heterocycles. The minimum atomic E-state index is 0.888. The van der Waals surface area contributed by atoms with Crippen molar-refractivity contribution in [3.05, 3.63) is 11.6 Å². The molecule has 0 aromatic carbocycles. The van der Waals surface area contributed by atoms with Crippen LogP contribution in [-0.2, 0) is 0 Å². The Kier molecular flexibility index (Phi) is 1.72. The van der Waals surface area contributed by atoms with Crippen molar-refractivity contribution in [2.24, 2.45) is 5.92 Å². The highest BCUT2D eigenvalue weighted by molar-refractivity contribution is 4.96. The summed E-state index contributed by atoms with van der Waals surface area (Å²) in [5, 5.41) is 0. The van der Waals surface area contributed by atoms with E-state index in [1.807, 2.05) is 0 Å². The number of hydrogen-bond acceptors (Lipinski definition) is 0. The number of allylic oxidation sites excluding steroid dienone is 2. The third-order valence-corrected chi connectivity index (χ3v) is 1.76. The highest BCUT2D eigenvalue weighted by Crippen LogP contribution is 2.20. The summed E-state index contributed by atoms with van der Waals surface area (Å²) in [4.78, 5) is 0. The average molecular weight is 109 g/mol. The summed E-state index contributed by atoms with van der Waals surface area (Å²) in [7, 11) is 0. The Bertz CT molecular complexity index is 101. The Balaban J connectivity index is 2.42. The summed E-state index contributed by atoms with van der Waals surface area (Å²) >= 11 is 0. The molecule has 1 radical (unpaired) electrons. The molecule has 0 spiro atoms. The average Bonchev–Trinajstić information content (AvgIpc) is 1.77. The van der Waals surface area contributed by atoms with E-state index in [9.17, 15) is 0 Å². The molecule has 1 aliphatic rings. The van der Waals surface area contributed by atoms with Crippen molar-refractivity contribution in [3.8, 4) is 0 Å². The third kappa shape index (κ3) is 1.36. The van der Waals surface area contributed by atoms with Crippen LogP contribution in [-0.4, -0.2) is 0 Å². The molecule has 1 unspecified atom stereocenters. The topological polar surface area (TPSA) is 0 Å². The Morgan fingerprint density at radius 3 is 2.75 bits per heavy atom. The van der Waals surface area contributed by atoms with Gasteiger partial charge in [0.2, 0.25) is 0 Å². The second-order valence-corrected chi connectivity index (χ2v) is 2.81. The van der Waals surface area contributed by atoms with Gasteiger partial charge < -0.3 is 0 Å². The molecular weight excluding hydrogens is 96.1 g/mol. The molecular formula is C8H13. The normalized spacial score (nSPS) is 29.8. The third-order valence-electron chi connectivity index (χ3n) is 1.76. The monoisotopic (exact) mass is 109 g/mol. The van der Waals surface area contributed by atoms with E-state index in [0.29, 0.717) is 0 Å². The largest absolute Gasteiger partial charge is 0.0698 e. The van der Waals surface area contributed by atoms with E-state index in [0.717, 1.165) is 5.92 Å². The molecule has 0 aromatic heterocycles. The highest BCUT2D eigenvalue weighted by atomic mass is 14.1. The molecule has 0 heterocycles. The lowest BCUT2D eigenvalue weighted by Gasteiger charge is -2.13. The van der Waals surface area contributed by atoms with Gasteiger partial charge in [0.1, 0.15) is 0 Å². The molecule has 0 N–H and O–H groups in total. The smallest absolute Gasteiger partial charge is 0.0251 e. The van der Waals surface area contributed by atoms with Crippen LogP contribution in [0.4, 0.5) is 0 Å². The molecule has 0 aromatic rings. The second-order valence-electron chi connectivity index (χ2n) is 2.81. The van der Waals surface area contributed by atoms with Crippen molar-refractivity contribution in [1.29, 1.82) is 0 Å².